The van der Waals surface area contributed by atoms with Crippen molar-refractivity contribution in [2.75, 3.05) is 40.0 Å². The third-order valence-electron chi connectivity index (χ3n) is 5.65. The maximum Gasteiger partial charge on any atom is 0.190 e. The maximum atomic E-state index is 11.6. The zero-order chi connectivity index (χ0) is 21.6. The Balaban J connectivity index is 0.00000341. The van der Waals surface area contributed by atoms with E-state index in [0.717, 1.165) is 37.6 Å². The lowest BCUT2D eigenvalue weighted by Gasteiger charge is -2.39. The van der Waals surface area contributed by atoms with Crippen LogP contribution in [-0.2, 0) is 16.3 Å². The second kappa shape index (κ2) is 12.2. The number of benzene rings is 1. The summed E-state index contributed by atoms with van der Waals surface area (Å²) in [4.78, 5) is 8.62. The van der Waals surface area contributed by atoms with Crippen LogP contribution >= 0.6 is 35.3 Å². The Morgan fingerprint density at radius 2 is 1.97 bits per heavy atom. The average molecular weight is 577 g/mol. The number of piperidine rings is 1. The summed E-state index contributed by atoms with van der Waals surface area (Å²) in [6.45, 7) is 2.76. The molecular weight excluding hydrogens is 543 g/mol. The van der Waals surface area contributed by atoms with Crippen LogP contribution in [0.5, 0.6) is 0 Å². The fourth-order valence-corrected chi connectivity index (χ4v) is 5.67. The van der Waals surface area contributed by atoms with E-state index >= 15 is 0 Å². The van der Waals surface area contributed by atoms with Crippen molar-refractivity contribution >= 4 is 51.1 Å². The van der Waals surface area contributed by atoms with Gasteiger partial charge in [0.05, 0.1) is 4.90 Å². The first-order valence-corrected chi connectivity index (χ1v) is 13.1. The van der Waals surface area contributed by atoms with Crippen LogP contribution in [0.3, 0.4) is 0 Å². The molecule has 2 N–H and O–H groups in total. The third-order valence-corrected chi connectivity index (χ3v) is 7.73. The molecule has 1 aliphatic rings. The molecule has 2 heterocycles. The minimum atomic E-state index is -3.15. The van der Waals surface area contributed by atoms with Gasteiger partial charge in [0.15, 0.2) is 15.8 Å². The van der Waals surface area contributed by atoms with Crippen molar-refractivity contribution in [3.8, 4) is 0 Å². The van der Waals surface area contributed by atoms with Crippen LogP contribution in [-0.4, -0.2) is 59.3 Å². The first-order valence-electron chi connectivity index (χ1n) is 10.4. The van der Waals surface area contributed by atoms with Crippen LogP contribution in [0, 0.1) is 5.92 Å². The number of hydrogen-bond acceptors (Lipinski definition) is 5. The highest BCUT2D eigenvalue weighted by Gasteiger charge is 2.31. The van der Waals surface area contributed by atoms with Crippen molar-refractivity contribution in [1.29, 1.82) is 0 Å². The van der Waals surface area contributed by atoms with E-state index in [1.807, 2.05) is 23.5 Å². The molecule has 9 heteroatoms. The first-order chi connectivity index (χ1) is 14.4. The Labute approximate surface area is 207 Å². The van der Waals surface area contributed by atoms with Crippen molar-refractivity contribution < 1.29 is 8.42 Å². The molecule has 2 atom stereocenters. The molecule has 172 valence electrons. The van der Waals surface area contributed by atoms with Crippen molar-refractivity contribution in [1.82, 2.24) is 15.5 Å². The van der Waals surface area contributed by atoms with Gasteiger partial charge in [-0.25, -0.2) is 8.42 Å². The number of aliphatic imine (C=N–C) groups is 1. The molecule has 3 rings (SSSR count). The second-order valence-electron chi connectivity index (χ2n) is 7.89. The summed E-state index contributed by atoms with van der Waals surface area (Å²) in [6, 6.07) is 11.9. The lowest BCUT2D eigenvalue weighted by Crippen LogP contribution is -2.45. The summed E-state index contributed by atoms with van der Waals surface area (Å²) < 4.78 is 23.1. The van der Waals surface area contributed by atoms with Gasteiger partial charge in [-0.2, -0.15) is 0 Å². The van der Waals surface area contributed by atoms with Gasteiger partial charge >= 0.3 is 0 Å². The van der Waals surface area contributed by atoms with Crippen molar-refractivity contribution in [3.05, 3.63) is 52.2 Å². The molecule has 0 bridgehead atoms. The number of hydrogen-bond donors (Lipinski definition) is 2. The lowest BCUT2D eigenvalue weighted by molar-refractivity contribution is 0.125. The Kier molecular flexibility index (Phi) is 10.2. The highest BCUT2D eigenvalue weighted by atomic mass is 127. The van der Waals surface area contributed by atoms with Crippen LogP contribution in [0.25, 0.3) is 0 Å². The predicted molar refractivity (Wildman–Crippen MR) is 140 cm³/mol. The van der Waals surface area contributed by atoms with Gasteiger partial charge in [0.25, 0.3) is 0 Å². The van der Waals surface area contributed by atoms with Crippen molar-refractivity contribution in [2.45, 2.75) is 30.2 Å². The number of guanidine groups is 1. The van der Waals surface area contributed by atoms with Gasteiger partial charge in [-0.3, -0.25) is 9.89 Å². The van der Waals surface area contributed by atoms with Gasteiger partial charge < -0.3 is 10.6 Å². The minimum absolute atomic E-state index is 0. The number of likely N-dealkylation sites (tertiary alicyclic amines) is 1. The highest BCUT2D eigenvalue weighted by molar-refractivity contribution is 14.0. The molecule has 0 amide bonds. The lowest BCUT2D eigenvalue weighted by atomic mass is 9.88. The van der Waals surface area contributed by atoms with Gasteiger partial charge in [-0.15, -0.1) is 35.3 Å². The smallest absolute Gasteiger partial charge is 0.190 e. The minimum Gasteiger partial charge on any atom is -0.356 e. The van der Waals surface area contributed by atoms with Gasteiger partial charge in [0, 0.05) is 37.3 Å². The topological polar surface area (TPSA) is 73.8 Å². The van der Waals surface area contributed by atoms with E-state index < -0.39 is 9.84 Å². The number of rotatable bonds is 7. The second-order valence-corrected chi connectivity index (χ2v) is 10.9. The molecule has 1 saturated heterocycles. The van der Waals surface area contributed by atoms with Crippen LogP contribution in [0.15, 0.2) is 51.7 Å². The summed E-state index contributed by atoms with van der Waals surface area (Å²) in [5.74, 6) is 1.35. The van der Waals surface area contributed by atoms with E-state index in [1.165, 1.54) is 24.0 Å². The van der Waals surface area contributed by atoms with Gasteiger partial charge in [-0.1, -0.05) is 18.2 Å². The molecule has 1 aliphatic heterocycles. The Bertz CT molecular complexity index is 931. The molecule has 31 heavy (non-hydrogen) atoms. The van der Waals surface area contributed by atoms with Gasteiger partial charge in [0.1, 0.15) is 0 Å². The zero-order valence-electron chi connectivity index (χ0n) is 18.4. The van der Waals surface area contributed by atoms with E-state index in [9.17, 15) is 8.42 Å². The van der Waals surface area contributed by atoms with E-state index in [0.29, 0.717) is 16.9 Å². The van der Waals surface area contributed by atoms with Crippen LogP contribution < -0.4 is 10.6 Å². The number of halogens is 1. The molecule has 2 unspecified atom stereocenters. The highest BCUT2D eigenvalue weighted by Crippen LogP contribution is 2.36. The molecular formula is C22H33IN4O2S2. The molecule has 0 aliphatic carbocycles. The molecule has 0 radical (unpaired) electrons. The van der Waals surface area contributed by atoms with E-state index in [1.54, 1.807) is 19.2 Å². The molecule has 6 nitrogen and oxygen atoms in total. The largest absolute Gasteiger partial charge is 0.356 e. The van der Waals surface area contributed by atoms with Crippen molar-refractivity contribution in [2.24, 2.45) is 10.9 Å². The average Bonchev–Trinajstić information content (AvgIpc) is 3.24. The summed E-state index contributed by atoms with van der Waals surface area (Å²) in [6.07, 6.45) is 4.46. The Morgan fingerprint density at radius 1 is 1.23 bits per heavy atom. The Morgan fingerprint density at radius 3 is 2.58 bits per heavy atom. The van der Waals surface area contributed by atoms with Crippen LogP contribution in [0.2, 0.25) is 0 Å². The third kappa shape index (κ3) is 7.44. The summed E-state index contributed by atoms with van der Waals surface area (Å²) >= 11 is 1.84. The number of thiophene rings is 1. The fourth-order valence-electron chi connectivity index (χ4n) is 4.06. The molecule has 2 aromatic rings. The molecule has 1 aromatic heterocycles. The molecule has 0 spiro atoms. The molecule has 1 aromatic carbocycles. The van der Waals surface area contributed by atoms with Crippen molar-refractivity contribution in [3.63, 3.8) is 0 Å². The number of nitrogens with zero attached hydrogens (tertiary/aromatic N) is 2. The number of sulfone groups is 1. The zero-order valence-corrected chi connectivity index (χ0v) is 22.3. The standard InChI is InChI=1S/C22H32N4O2S2.HI/c1-23-22(24-13-12-17-8-10-19(11-9-17)30(3,27)28)25-16-18-6-4-14-26(2)21(18)20-7-5-15-29-20;/h5,7-11,15,18,21H,4,6,12-14,16H2,1-3H3,(H2,23,24,25);1H. The SMILES string of the molecule is CN=C(NCCc1ccc(S(C)(=O)=O)cc1)NCC1CCCN(C)C1c1cccs1.I. The molecule has 0 saturated carbocycles. The van der Waals surface area contributed by atoms with Gasteiger partial charge in [-0.05, 0) is 67.9 Å². The summed E-state index contributed by atoms with van der Waals surface area (Å²) in [5, 5.41) is 9.04. The van der Waals surface area contributed by atoms with E-state index in [-0.39, 0.29) is 24.0 Å². The van der Waals surface area contributed by atoms with E-state index in [4.69, 9.17) is 0 Å². The summed E-state index contributed by atoms with van der Waals surface area (Å²) in [5.41, 5.74) is 1.09. The monoisotopic (exact) mass is 576 g/mol. The normalized spacial score (nSPS) is 20.2. The quantitative estimate of drug-likeness (QED) is 0.300. The number of nitrogens with one attached hydrogen (secondary N) is 2. The maximum absolute atomic E-state index is 11.6. The summed E-state index contributed by atoms with van der Waals surface area (Å²) in [7, 11) is 0.865. The fraction of sp³-hybridized carbons (Fsp3) is 0.500. The van der Waals surface area contributed by atoms with E-state index in [2.05, 4.69) is 45.1 Å². The first kappa shape index (κ1) is 26.1. The predicted octanol–water partition coefficient (Wildman–Crippen LogP) is 3.56. The van der Waals surface area contributed by atoms with Crippen LogP contribution in [0.4, 0.5) is 0 Å². The Hall–Kier alpha value is -1.17. The molecule has 1 fully saturated rings. The van der Waals surface area contributed by atoms with Crippen LogP contribution in [0.1, 0.15) is 29.3 Å². The van der Waals surface area contributed by atoms with Gasteiger partial charge in [0.2, 0.25) is 0 Å².